The van der Waals surface area contributed by atoms with E-state index >= 15 is 0 Å². The van der Waals surface area contributed by atoms with Gasteiger partial charge in [-0.3, -0.25) is 14.9 Å². The minimum absolute atomic E-state index is 0.0198. The fraction of sp³-hybridized carbons (Fsp3) is 0.300. The van der Waals surface area contributed by atoms with Gasteiger partial charge in [0.2, 0.25) is 0 Å². The first kappa shape index (κ1) is 19.7. The highest BCUT2D eigenvalue weighted by molar-refractivity contribution is 7.98. The molecule has 150 valence electrons. The van der Waals surface area contributed by atoms with Crippen molar-refractivity contribution in [3.8, 4) is 0 Å². The van der Waals surface area contributed by atoms with Gasteiger partial charge in [-0.2, -0.15) is 0 Å². The maximum absolute atomic E-state index is 12.9. The van der Waals surface area contributed by atoms with Crippen molar-refractivity contribution in [1.82, 2.24) is 9.88 Å². The Morgan fingerprint density at radius 3 is 2.66 bits per heavy atom. The SMILES string of the molecule is CSc1ccc2nc(N3CCN(C(=O)c4cccc([N+](=O)[O-])c4C)CC3)sc2c1. The zero-order chi connectivity index (χ0) is 20.5. The standard InChI is InChI=1S/C20H20N4O3S2/c1-13-15(4-3-5-17(13)24(26)27)19(25)22-8-10-23(11-9-22)20-21-16-7-6-14(28-2)12-18(16)29-20/h3-7,12H,8-11H2,1-2H3. The van der Waals surface area contributed by atoms with Crippen molar-refractivity contribution >= 4 is 50.0 Å². The second-order valence-corrected chi connectivity index (χ2v) is 8.70. The molecule has 3 aromatic rings. The normalized spacial score (nSPS) is 14.4. The molecule has 1 amide bonds. The molecule has 1 aromatic heterocycles. The summed E-state index contributed by atoms with van der Waals surface area (Å²) >= 11 is 3.38. The third-order valence-electron chi connectivity index (χ3n) is 5.15. The van der Waals surface area contributed by atoms with Gasteiger partial charge in [-0.05, 0) is 37.4 Å². The first-order valence-electron chi connectivity index (χ1n) is 9.20. The number of benzene rings is 2. The van der Waals surface area contributed by atoms with Crippen LogP contribution in [-0.4, -0.2) is 53.1 Å². The molecule has 1 saturated heterocycles. The summed E-state index contributed by atoms with van der Waals surface area (Å²) in [5.74, 6) is -0.153. The summed E-state index contributed by atoms with van der Waals surface area (Å²) in [5.41, 5.74) is 1.79. The molecular formula is C20H20N4O3S2. The smallest absolute Gasteiger partial charge is 0.273 e. The van der Waals surface area contributed by atoms with Gasteiger partial charge in [0.15, 0.2) is 5.13 Å². The zero-order valence-corrected chi connectivity index (χ0v) is 17.8. The molecule has 7 nitrogen and oxygen atoms in total. The number of fused-ring (bicyclic) bond motifs is 1. The topological polar surface area (TPSA) is 79.6 Å². The lowest BCUT2D eigenvalue weighted by molar-refractivity contribution is -0.385. The molecule has 0 N–H and O–H groups in total. The first-order valence-corrected chi connectivity index (χ1v) is 11.2. The first-order chi connectivity index (χ1) is 14.0. The summed E-state index contributed by atoms with van der Waals surface area (Å²) in [4.78, 5) is 33.6. The number of amides is 1. The Morgan fingerprint density at radius 2 is 1.97 bits per heavy atom. The largest absolute Gasteiger partial charge is 0.345 e. The minimum atomic E-state index is -0.445. The molecular weight excluding hydrogens is 408 g/mol. The molecule has 0 spiro atoms. The van der Waals surface area contributed by atoms with Crippen LogP contribution in [0.3, 0.4) is 0 Å². The second kappa shape index (κ2) is 8.00. The molecule has 0 atom stereocenters. The van der Waals surface area contributed by atoms with Crippen LogP contribution in [-0.2, 0) is 0 Å². The van der Waals surface area contributed by atoms with E-state index in [4.69, 9.17) is 4.98 Å². The zero-order valence-electron chi connectivity index (χ0n) is 16.1. The van der Waals surface area contributed by atoms with Gasteiger partial charge in [0.25, 0.3) is 11.6 Å². The van der Waals surface area contributed by atoms with E-state index in [2.05, 4.69) is 23.3 Å². The summed E-state index contributed by atoms with van der Waals surface area (Å²) < 4.78 is 1.16. The summed E-state index contributed by atoms with van der Waals surface area (Å²) in [6.07, 6.45) is 2.06. The quantitative estimate of drug-likeness (QED) is 0.352. The molecule has 4 rings (SSSR count). The van der Waals surface area contributed by atoms with Crippen LogP contribution < -0.4 is 4.90 Å². The average Bonchev–Trinajstić information content (AvgIpc) is 3.16. The molecule has 0 saturated carbocycles. The number of nitro groups is 1. The third kappa shape index (κ3) is 3.79. The number of thioether (sulfide) groups is 1. The van der Waals surface area contributed by atoms with Crippen LogP contribution in [0.15, 0.2) is 41.3 Å². The van der Waals surface area contributed by atoms with E-state index in [1.54, 1.807) is 47.1 Å². The number of nitro benzene ring substituents is 1. The van der Waals surface area contributed by atoms with E-state index in [-0.39, 0.29) is 11.6 Å². The molecule has 1 aliphatic heterocycles. The highest BCUT2D eigenvalue weighted by atomic mass is 32.2. The number of nitrogens with zero attached hydrogens (tertiary/aromatic N) is 4. The molecule has 0 bridgehead atoms. The van der Waals surface area contributed by atoms with E-state index in [1.165, 1.54) is 11.0 Å². The lowest BCUT2D eigenvalue weighted by Crippen LogP contribution is -2.48. The van der Waals surface area contributed by atoms with Gasteiger partial charge >= 0.3 is 0 Å². The van der Waals surface area contributed by atoms with Gasteiger partial charge in [0, 0.05) is 48.3 Å². The van der Waals surface area contributed by atoms with Crippen LogP contribution in [0.5, 0.6) is 0 Å². The minimum Gasteiger partial charge on any atom is -0.345 e. The lowest BCUT2D eigenvalue weighted by Gasteiger charge is -2.34. The van der Waals surface area contributed by atoms with Gasteiger partial charge in [-0.1, -0.05) is 17.4 Å². The van der Waals surface area contributed by atoms with Crippen molar-refractivity contribution in [2.45, 2.75) is 11.8 Å². The van der Waals surface area contributed by atoms with Crippen LogP contribution in [0.25, 0.3) is 10.2 Å². The van der Waals surface area contributed by atoms with Crippen molar-refractivity contribution < 1.29 is 9.72 Å². The maximum atomic E-state index is 12.9. The lowest BCUT2D eigenvalue weighted by atomic mass is 10.1. The molecule has 29 heavy (non-hydrogen) atoms. The van der Waals surface area contributed by atoms with Crippen LogP contribution in [0.2, 0.25) is 0 Å². The van der Waals surface area contributed by atoms with Crippen LogP contribution in [0, 0.1) is 17.0 Å². The van der Waals surface area contributed by atoms with E-state index in [9.17, 15) is 14.9 Å². The molecule has 2 heterocycles. The number of rotatable bonds is 4. The fourth-order valence-electron chi connectivity index (χ4n) is 3.48. The monoisotopic (exact) mass is 428 g/mol. The predicted octanol–water partition coefficient (Wildman–Crippen LogP) is 4.20. The number of carbonyl (C=O) groups excluding carboxylic acids is 1. The van der Waals surface area contributed by atoms with E-state index in [0.29, 0.717) is 37.3 Å². The van der Waals surface area contributed by atoms with Gasteiger partial charge in [0.1, 0.15) is 0 Å². The van der Waals surface area contributed by atoms with E-state index < -0.39 is 4.92 Å². The second-order valence-electron chi connectivity index (χ2n) is 6.82. The highest BCUT2D eigenvalue weighted by Crippen LogP contribution is 2.32. The van der Waals surface area contributed by atoms with Crippen LogP contribution >= 0.6 is 23.1 Å². The Hall–Kier alpha value is -2.65. The number of carbonyl (C=O) groups is 1. The van der Waals surface area contributed by atoms with E-state index in [0.717, 1.165) is 15.3 Å². The third-order valence-corrected chi connectivity index (χ3v) is 6.96. The molecule has 0 radical (unpaired) electrons. The Bertz CT molecular complexity index is 1090. The fourth-order valence-corrected chi connectivity index (χ4v) is 5.05. The maximum Gasteiger partial charge on any atom is 0.273 e. The van der Waals surface area contributed by atoms with Crippen LogP contribution in [0.4, 0.5) is 10.8 Å². The van der Waals surface area contributed by atoms with Gasteiger partial charge in [-0.15, -0.1) is 11.8 Å². The molecule has 2 aromatic carbocycles. The van der Waals surface area contributed by atoms with Gasteiger partial charge in [0.05, 0.1) is 15.1 Å². The Balaban J connectivity index is 1.48. The van der Waals surface area contributed by atoms with Gasteiger partial charge in [-0.25, -0.2) is 4.98 Å². The van der Waals surface area contributed by atoms with Crippen molar-refractivity contribution in [3.05, 3.63) is 57.6 Å². The summed E-state index contributed by atoms with van der Waals surface area (Å²) in [6, 6.07) is 10.9. The number of piperazine rings is 1. The number of anilines is 1. The Kier molecular flexibility index (Phi) is 5.42. The molecule has 9 heteroatoms. The number of hydrogen-bond donors (Lipinski definition) is 0. The summed E-state index contributed by atoms with van der Waals surface area (Å²) in [5, 5.41) is 12.1. The van der Waals surface area contributed by atoms with Crippen molar-refractivity contribution in [2.75, 3.05) is 37.3 Å². The van der Waals surface area contributed by atoms with Crippen molar-refractivity contribution in [2.24, 2.45) is 0 Å². The number of aromatic nitrogens is 1. The van der Waals surface area contributed by atoms with E-state index in [1.807, 2.05) is 6.07 Å². The average molecular weight is 429 g/mol. The number of thiazole rings is 1. The number of hydrogen-bond acceptors (Lipinski definition) is 7. The Morgan fingerprint density at radius 1 is 1.21 bits per heavy atom. The molecule has 1 aliphatic rings. The van der Waals surface area contributed by atoms with Gasteiger partial charge < -0.3 is 9.80 Å². The molecule has 0 unspecified atom stereocenters. The van der Waals surface area contributed by atoms with Crippen molar-refractivity contribution in [1.29, 1.82) is 0 Å². The molecule has 1 fully saturated rings. The summed E-state index contributed by atoms with van der Waals surface area (Å²) in [6.45, 7) is 4.13. The molecule has 0 aliphatic carbocycles. The predicted molar refractivity (Wildman–Crippen MR) is 117 cm³/mol. The van der Waals surface area contributed by atoms with Crippen molar-refractivity contribution in [3.63, 3.8) is 0 Å². The Labute approximate surface area is 176 Å². The summed E-state index contributed by atoms with van der Waals surface area (Å²) in [7, 11) is 0. The van der Waals surface area contributed by atoms with Crippen LogP contribution in [0.1, 0.15) is 15.9 Å². The highest BCUT2D eigenvalue weighted by Gasteiger charge is 2.26.